The van der Waals surface area contributed by atoms with Gasteiger partial charge in [-0.3, -0.25) is 0 Å². The molecule has 3 aliphatic rings. The Bertz CT molecular complexity index is 3240. The summed E-state index contributed by atoms with van der Waals surface area (Å²) in [6.45, 7) is 0. The summed E-state index contributed by atoms with van der Waals surface area (Å²) in [5, 5.41) is 11.4. The van der Waals surface area contributed by atoms with E-state index in [1.165, 1.54) is 98.7 Å². The lowest BCUT2D eigenvalue weighted by Gasteiger charge is -2.42. The fraction of sp³-hybridized carbons (Fsp3) is 0.143. The van der Waals surface area contributed by atoms with Crippen molar-refractivity contribution < 1.29 is 0 Å². The van der Waals surface area contributed by atoms with Crippen molar-refractivity contribution in [1.82, 2.24) is 9.13 Å². The van der Waals surface area contributed by atoms with Gasteiger partial charge >= 0.3 is 0 Å². The summed E-state index contributed by atoms with van der Waals surface area (Å²) in [6.07, 6.45) is 27.5. The third-order valence-corrected chi connectivity index (χ3v) is 20.4. The molecule has 290 valence electrons. The number of benzene rings is 6. The first-order valence-electron chi connectivity index (χ1n) is 21.8. The molecule has 60 heavy (non-hydrogen) atoms. The molecule has 3 aliphatic carbocycles. The molecule has 4 heteroatoms. The van der Waals surface area contributed by atoms with E-state index >= 15 is 0 Å². The Morgan fingerprint density at radius 2 is 1.25 bits per heavy atom. The number of para-hydroxylation sites is 3. The van der Waals surface area contributed by atoms with Crippen LogP contribution in [0.5, 0.6) is 0 Å². The Labute approximate surface area is 356 Å². The quantitative estimate of drug-likeness (QED) is 0.148. The fourth-order valence-electron chi connectivity index (χ4n) is 11.2. The monoisotopic (exact) mass is 806 g/mol. The van der Waals surface area contributed by atoms with Crippen LogP contribution in [0.15, 0.2) is 187 Å². The van der Waals surface area contributed by atoms with Gasteiger partial charge in [0.25, 0.3) is 0 Å². The zero-order valence-electron chi connectivity index (χ0n) is 33.7. The minimum atomic E-state index is -2.63. The molecule has 2 nitrogen and oxygen atoms in total. The highest BCUT2D eigenvalue weighted by Gasteiger charge is 2.46. The molecule has 12 rings (SSSR count). The molecule has 0 radical (unpaired) electrons. The highest BCUT2D eigenvalue weighted by Crippen LogP contribution is 2.45. The van der Waals surface area contributed by atoms with Crippen LogP contribution in [0.1, 0.15) is 49.0 Å². The maximum Gasteiger partial charge on any atom is 0.151 e. The summed E-state index contributed by atoms with van der Waals surface area (Å²) >= 11 is 1.95. The molecule has 0 bridgehead atoms. The normalized spacial score (nSPS) is 19.2. The molecule has 0 saturated heterocycles. The molecule has 6 aromatic carbocycles. The Morgan fingerprint density at radius 1 is 0.550 bits per heavy atom. The summed E-state index contributed by atoms with van der Waals surface area (Å²) in [5.74, 6) is 0. The number of thiophene rings is 1. The van der Waals surface area contributed by atoms with E-state index in [0.717, 1.165) is 32.1 Å². The maximum atomic E-state index is 2.60. The van der Waals surface area contributed by atoms with E-state index in [2.05, 4.69) is 197 Å². The summed E-state index contributed by atoms with van der Waals surface area (Å²) in [6, 6.07) is 53.1. The molecule has 9 aromatic rings. The SMILES string of the molecule is C1=Cc2sc3ccc4c(c5ccccc5n4-c4ccc([Si](/C5=C/C=C\CCCC5)(c5ccccc5)C5C=CC(n6c7ccccc7c7ccccc76)=CC5)cc4)c3c2CC1. The minimum absolute atomic E-state index is 0.349. The van der Waals surface area contributed by atoms with Gasteiger partial charge in [-0.2, -0.15) is 0 Å². The first-order chi connectivity index (χ1) is 29.8. The van der Waals surface area contributed by atoms with Gasteiger partial charge in [0, 0.05) is 47.9 Å². The predicted molar refractivity (Wildman–Crippen MR) is 262 cm³/mol. The Balaban J connectivity index is 1.03. The molecule has 2 atom stereocenters. The van der Waals surface area contributed by atoms with Gasteiger partial charge in [-0.15, -0.1) is 11.3 Å². The van der Waals surface area contributed by atoms with Gasteiger partial charge in [0.05, 0.1) is 22.1 Å². The lowest BCUT2D eigenvalue weighted by atomic mass is 9.98. The third kappa shape index (κ3) is 5.44. The van der Waals surface area contributed by atoms with Crippen LogP contribution in [-0.4, -0.2) is 17.2 Å². The molecule has 0 amide bonds. The first kappa shape index (κ1) is 35.7. The molecule has 2 unspecified atom stereocenters. The van der Waals surface area contributed by atoms with Crippen LogP contribution in [0, 0.1) is 0 Å². The molecule has 0 saturated carbocycles. The van der Waals surface area contributed by atoms with Gasteiger partial charge in [0.15, 0.2) is 8.07 Å². The molecule has 0 aliphatic heterocycles. The zero-order chi connectivity index (χ0) is 39.6. The van der Waals surface area contributed by atoms with E-state index in [-0.39, 0.29) is 0 Å². The highest BCUT2D eigenvalue weighted by molar-refractivity contribution is 7.20. The number of aryl methyl sites for hydroxylation is 1. The average Bonchev–Trinajstić information content (AvgIpc) is 3.96. The number of aromatic nitrogens is 2. The van der Waals surface area contributed by atoms with Gasteiger partial charge in [-0.05, 0) is 121 Å². The van der Waals surface area contributed by atoms with Crippen LogP contribution in [0.3, 0.4) is 0 Å². The van der Waals surface area contributed by atoms with E-state index in [9.17, 15) is 0 Å². The first-order valence-corrected chi connectivity index (χ1v) is 24.7. The Kier molecular flexibility index (Phi) is 8.64. The van der Waals surface area contributed by atoms with Crippen LogP contribution in [0.2, 0.25) is 5.54 Å². The van der Waals surface area contributed by atoms with Crippen molar-refractivity contribution in [2.75, 3.05) is 0 Å². The second-order valence-electron chi connectivity index (χ2n) is 16.9. The largest absolute Gasteiger partial charge is 0.310 e. The van der Waals surface area contributed by atoms with Crippen LogP contribution < -0.4 is 10.4 Å². The van der Waals surface area contributed by atoms with Crippen LogP contribution in [-0.2, 0) is 6.42 Å². The summed E-state index contributed by atoms with van der Waals surface area (Å²) in [5.41, 5.74) is 9.47. The number of fused-ring (bicyclic) bond motifs is 10. The number of allylic oxidation sites excluding steroid dienone is 9. The topological polar surface area (TPSA) is 9.86 Å². The number of rotatable bonds is 6. The van der Waals surface area contributed by atoms with Crippen molar-refractivity contribution in [1.29, 1.82) is 0 Å². The molecule has 0 N–H and O–H groups in total. The lowest BCUT2D eigenvalue weighted by molar-refractivity contribution is 0.747. The van der Waals surface area contributed by atoms with Crippen LogP contribution in [0.4, 0.5) is 0 Å². The molecule has 0 fully saturated rings. The third-order valence-electron chi connectivity index (χ3n) is 13.7. The highest BCUT2D eigenvalue weighted by atomic mass is 32.1. The number of hydrogen-bond acceptors (Lipinski definition) is 1. The van der Waals surface area contributed by atoms with Crippen molar-refractivity contribution in [2.24, 2.45) is 0 Å². The predicted octanol–water partition coefficient (Wildman–Crippen LogP) is 14.1. The van der Waals surface area contributed by atoms with Gasteiger partial charge < -0.3 is 9.13 Å². The fourth-order valence-corrected chi connectivity index (χ4v) is 17.9. The van der Waals surface area contributed by atoms with Gasteiger partial charge in [0.2, 0.25) is 0 Å². The Morgan fingerprint density at radius 3 is 2.00 bits per heavy atom. The second-order valence-corrected chi connectivity index (χ2v) is 22.1. The molecular weight excluding hydrogens is 761 g/mol. The van der Waals surface area contributed by atoms with Crippen LogP contribution in [0.25, 0.3) is 71.2 Å². The van der Waals surface area contributed by atoms with E-state index < -0.39 is 8.07 Å². The van der Waals surface area contributed by atoms with E-state index in [1.807, 2.05) is 11.3 Å². The Hall–Kier alpha value is -6.20. The number of hydrogen-bond donors (Lipinski definition) is 0. The van der Waals surface area contributed by atoms with E-state index in [4.69, 9.17) is 0 Å². The second kappa shape index (κ2) is 14.5. The summed E-state index contributed by atoms with van der Waals surface area (Å²) in [4.78, 5) is 1.43. The average molecular weight is 807 g/mol. The zero-order valence-corrected chi connectivity index (χ0v) is 35.5. The van der Waals surface area contributed by atoms with Crippen molar-refractivity contribution in [3.8, 4) is 5.69 Å². The van der Waals surface area contributed by atoms with E-state index in [0.29, 0.717) is 5.54 Å². The standard InChI is InChI=1S/C56H46N2SSi/c1-2-5-17-41(18-6-3-1)60(42-19-7-4-8-20-42,43-33-29-39(30-34-43)57-49-25-13-9-21-45(49)46-22-10-14-26-50(46)57)44-35-31-40(32-36-44)58-51-27-15-11-23-47(51)55-52(58)37-38-54-56(55)48-24-12-16-28-53(48)59-54/h2,4-5,7-11,13-17,19-23,25-33,35-38,43H,1,3,6,12,18,24,34H2/b5-2-,41-17+. The van der Waals surface area contributed by atoms with Gasteiger partial charge in [-0.25, -0.2) is 0 Å². The maximum absolute atomic E-state index is 2.63. The summed E-state index contributed by atoms with van der Waals surface area (Å²) in [7, 11) is -2.63. The van der Waals surface area contributed by atoms with Gasteiger partial charge in [-0.1, -0.05) is 139 Å². The molecule has 3 aromatic heterocycles. The van der Waals surface area contributed by atoms with Gasteiger partial charge in [0.1, 0.15) is 0 Å². The van der Waals surface area contributed by atoms with E-state index in [1.54, 1.807) is 5.20 Å². The van der Waals surface area contributed by atoms with Crippen molar-refractivity contribution in [3.05, 3.63) is 198 Å². The molecule has 0 spiro atoms. The van der Waals surface area contributed by atoms with Crippen LogP contribution >= 0.6 is 11.3 Å². The van der Waals surface area contributed by atoms with Crippen molar-refractivity contribution >= 4 is 95.3 Å². The van der Waals surface area contributed by atoms with Crippen molar-refractivity contribution in [2.45, 2.75) is 50.5 Å². The van der Waals surface area contributed by atoms with Crippen molar-refractivity contribution in [3.63, 3.8) is 0 Å². The number of nitrogens with zero attached hydrogens (tertiary/aromatic N) is 2. The molecular formula is C56H46N2SSi. The molecule has 3 heterocycles. The summed E-state index contributed by atoms with van der Waals surface area (Å²) < 4.78 is 6.41. The lowest BCUT2D eigenvalue weighted by Crippen LogP contribution is -2.63. The minimum Gasteiger partial charge on any atom is -0.310 e. The smallest absolute Gasteiger partial charge is 0.151 e.